The Bertz CT molecular complexity index is 247. The molecule has 0 amide bonds. The lowest BCUT2D eigenvalue weighted by atomic mass is 10.1. The van der Waals surface area contributed by atoms with Crippen LogP contribution in [-0.2, 0) is 14.4 Å². The quantitative estimate of drug-likeness (QED) is 0.662. The third kappa shape index (κ3) is 2.77. The van der Waals surface area contributed by atoms with Crippen molar-refractivity contribution in [3.63, 3.8) is 0 Å². The summed E-state index contributed by atoms with van der Waals surface area (Å²) >= 11 is 0. The summed E-state index contributed by atoms with van der Waals surface area (Å²) in [4.78, 5) is 15.1. The molecule has 0 fully saturated rings. The van der Waals surface area contributed by atoms with Gasteiger partial charge in [-0.25, -0.2) is 0 Å². The van der Waals surface area contributed by atoms with Gasteiger partial charge in [0.25, 0.3) is 0 Å². The van der Waals surface area contributed by atoms with Crippen molar-refractivity contribution in [2.45, 2.75) is 13.3 Å². The van der Waals surface area contributed by atoms with Crippen LogP contribution in [0.2, 0.25) is 0 Å². The summed E-state index contributed by atoms with van der Waals surface area (Å²) in [6, 6.07) is 0. The highest BCUT2D eigenvalue weighted by Crippen LogP contribution is 2.16. The molecule has 0 aromatic rings. The van der Waals surface area contributed by atoms with Crippen molar-refractivity contribution < 1.29 is 19.5 Å². The molecule has 1 atom stereocenters. The first-order valence-electron chi connectivity index (χ1n) is 3.99. The Morgan fingerprint density at radius 3 is 3.23 bits per heavy atom. The SMILES string of the molecule is CCON=C1OC=CC1CC(=O)O. The predicted octanol–water partition coefficient (Wildman–Crippen LogP) is 0.971. The van der Waals surface area contributed by atoms with Gasteiger partial charge in [-0.2, -0.15) is 0 Å². The highest BCUT2D eigenvalue weighted by molar-refractivity contribution is 5.86. The van der Waals surface area contributed by atoms with Gasteiger partial charge in [-0.3, -0.25) is 4.79 Å². The van der Waals surface area contributed by atoms with Crippen molar-refractivity contribution in [3.8, 4) is 0 Å². The Morgan fingerprint density at radius 1 is 1.85 bits per heavy atom. The summed E-state index contributed by atoms with van der Waals surface area (Å²) in [5.74, 6) is -0.877. The van der Waals surface area contributed by atoms with Crippen LogP contribution in [0.3, 0.4) is 0 Å². The van der Waals surface area contributed by atoms with E-state index < -0.39 is 5.97 Å². The van der Waals surface area contributed by atoms with Gasteiger partial charge in [0.2, 0.25) is 5.90 Å². The third-order valence-corrected chi connectivity index (χ3v) is 1.50. The summed E-state index contributed by atoms with van der Waals surface area (Å²) < 4.78 is 4.95. The van der Waals surface area contributed by atoms with E-state index >= 15 is 0 Å². The number of hydrogen-bond acceptors (Lipinski definition) is 4. The maximum Gasteiger partial charge on any atom is 0.304 e. The molecule has 1 N–H and O–H groups in total. The molecule has 1 unspecified atom stereocenters. The Hall–Kier alpha value is -1.52. The molecule has 0 aliphatic carbocycles. The van der Waals surface area contributed by atoms with E-state index in [-0.39, 0.29) is 12.3 Å². The van der Waals surface area contributed by atoms with Gasteiger partial charge in [-0.15, -0.1) is 0 Å². The van der Waals surface area contributed by atoms with E-state index in [0.29, 0.717) is 12.5 Å². The van der Waals surface area contributed by atoms with Crippen LogP contribution in [0, 0.1) is 5.92 Å². The van der Waals surface area contributed by atoms with Crippen molar-refractivity contribution in [1.82, 2.24) is 0 Å². The second-order valence-electron chi connectivity index (χ2n) is 2.50. The zero-order valence-corrected chi connectivity index (χ0v) is 7.27. The molecule has 72 valence electrons. The van der Waals surface area contributed by atoms with E-state index in [2.05, 4.69) is 5.16 Å². The third-order valence-electron chi connectivity index (χ3n) is 1.50. The summed E-state index contributed by atoms with van der Waals surface area (Å²) in [5.41, 5.74) is 0. The van der Waals surface area contributed by atoms with Crippen LogP contribution in [0.4, 0.5) is 0 Å². The zero-order valence-electron chi connectivity index (χ0n) is 7.27. The van der Waals surface area contributed by atoms with E-state index in [9.17, 15) is 4.79 Å². The smallest absolute Gasteiger partial charge is 0.304 e. The lowest BCUT2D eigenvalue weighted by Crippen LogP contribution is -2.14. The number of carboxylic acids is 1. The molecule has 1 rings (SSSR count). The average molecular weight is 185 g/mol. The molecule has 5 heteroatoms. The average Bonchev–Trinajstić information content (AvgIpc) is 2.48. The van der Waals surface area contributed by atoms with Crippen molar-refractivity contribution in [2.75, 3.05) is 6.61 Å². The molecule has 0 aromatic heterocycles. The molecule has 0 saturated carbocycles. The fourth-order valence-electron chi connectivity index (χ4n) is 0.934. The lowest BCUT2D eigenvalue weighted by Gasteiger charge is -2.04. The number of carbonyl (C=O) groups is 1. The van der Waals surface area contributed by atoms with Crippen molar-refractivity contribution in [3.05, 3.63) is 12.3 Å². The topological polar surface area (TPSA) is 68.1 Å². The summed E-state index contributed by atoms with van der Waals surface area (Å²) in [5, 5.41) is 12.2. The molecular weight excluding hydrogens is 174 g/mol. The minimum absolute atomic E-state index is 0.0254. The summed E-state index contributed by atoms with van der Waals surface area (Å²) in [6.45, 7) is 2.23. The fraction of sp³-hybridized carbons (Fsp3) is 0.500. The monoisotopic (exact) mass is 185 g/mol. The first kappa shape index (κ1) is 9.57. The van der Waals surface area contributed by atoms with Gasteiger partial charge in [0, 0.05) is 0 Å². The highest BCUT2D eigenvalue weighted by Gasteiger charge is 2.23. The first-order chi connectivity index (χ1) is 6.24. The van der Waals surface area contributed by atoms with E-state index in [0.717, 1.165) is 0 Å². The van der Waals surface area contributed by atoms with Gasteiger partial charge >= 0.3 is 5.97 Å². The van der Waals surface area contributed by atoms with Gasteiger partial charge in [0.05, 0.1) is 18.6 Å². The zero-order chi connectivity index (χ0) is 9.68. The number of hydrogen-bond donors (Lipinski definition) is 1. The molecule has 5 nitrogen and oxygen atoms in total. The second-order valence-corrected chi connectivity index (χ2v) is 2.50. The van der Waals surface area contributed by atoms with Crippen LogP contribution >= 0.6 is 0 Å². The van der Waals surface area contributed by atoms with E-state index in [1.54, 1.807) is 13.0 Å². The number of rotatable bonds is 4. The number of oxime groups is 1. The van der Waals surface area contributed by atoms with Crippen molar-refractivity contribution in [1.29, 1.82) is 0 Å². The van der Waals surface area contributed by atoms with Gasteiger partial charge in [0.15, 0.2) is 0 Å². The van der Waals surface area contributed by atoms with Crippen molar-refractivity contribution in [2.24, 2.45) is 11.1 Å². The molecule has 1 aliphatic rings. The van der Waals surface area contributed by atoms with Gasteiger partial charge in [-0.1, -0.05) is 5.16 Å². The van der Waals surface area contributed by atoms with E-state index in [1.807, 2.05) is 0 Å². The molecule has 0 saturated heterocycles. The molecule has 0 aromatic carbocycles. The van der Waals surface area contributed by atoms with Crippen LogP contribution in [-0.4, -0.2) is 23.6 Å². The van der Waals surface area contributed by atoms with Gasteiger partial charge < -0.3 is 14.7 Å². The standard InChI is InChI=1S/C8H11NO4/c1-2-13-9-8-6(3-4-12-8)5-7(10)11/h3-4,6H,2,5H2,1H3,(H,10,11). The maximum atomic E-state index is 10.4. The highest BCUT2D eigenvalue weighted by atomic mass is 16.6. The minimum Gasteiger partial charge on any atom is -0.481 e. The number of aliphatic carboxylic acids is 1. The molecular formula is C8H11NO4. The molecule has 0 bridgehead atoms. The van der Waals surface area contributed by atoms with Gasteiger partial charge in [-0.05, 0) is 13.0 Å². The number of ether oxygens (including phenoxy) is 1. The van der Waals surface area contributed by atoms with Gasteiger partial charge in [0.1, 0.15) is 6.61 Å². The van der Waals surface area contributed by atoms with Crippen LogP contribution in [0.15, 0.2) is 17.5 Å². The van der Waals surface area contributed by atoms with Crippen LogP contribution in [0.1, 0.15) is 13.3 Å². The summed E-state index contributed by atoms with van der Waals surface area (Å²) in [6.07, 6.45) is 3.04. The number of carboxylic acid groups (broad SMARTS) is 1. The Kier molecular flexibility index (Phi) is 3.31. The van der Waals surface area contributed by atoms with Crippen LogP contribution < -0.4 is 0 Å². The Labute approximate surface area is 75.6 Å². The minimum atomic E-state index is -0.885. The fourth-order valence-corrected chi connectivity index (χ4v) is 0.934. The lowest BCUT2D eigenvalue weighted by molar-refractivity contribution is -0.137. The molecule has 1 heterocycles. The van der Waals surface area contributed by atoms with Crippen LogP contribution in [0.5, 0.6) is 0 Å². The van der Waals surface area contributed by atoms with E-state index in [1.165, 1.54) is 6.26 Å². The van der Waals surface area contributed by atoms with Crippen LogP contribution in [0.25, 0.3) is 0 Å². The molecule has 0 radical (unpaired) electrons. The number of nitrogens with zero attached hydrogens (tertiary/aromatic N) is 1. The predicted molar refractivity (Wildman–Crippen MR) is 45.0 cm³/mol. The maximum absolute atomic E-state index is 10.4. The Balaban J connectivity index is 2.52. The normalized spacial score (nSPS) is 23.2. The second kappa shape index (κ2) is 4.49. The largest absolute Gasteiger partial charge is 0.481 e. The van der Waals surface area contributed by atoms with E-state index in [4.69, 9.17) is 14.7 Å². The first-order valence-corrected chi connectivity index (χ1v) is 3.99. The Morgan fingerprint density at radius 2 is 2.62 bits per heavy atom. The molecule has 13 heavy (non-hydrogen) atoms. The van der Waals surface area contributed by atoms with Crippen molar-refractivity contribution >= 4 is 11.9 Å². The summed E-state index contributed by atoms with van der Waals surface area (Å²) in [7, 11) is 0. The molecule has 0 spiro atoms. The molecule has 1 aliphatic heterocycles.